The number of hydrogen-bond acceptors (Lipinski definition) is 5. The van der Waals surface area contributed by atoms with Crippen LogP contribution in [0.1, 0.15) is 56.1 Å². The van der Waals surface area contributed by atoms with Gasteiger partial charge < -0.3 is 5.32 Å². The summed E-state index contributed by atoms with van der Waals surface area (Å²) in [4.78, 5) is 42.8. The fraction of sp³-hybridized carbons (Fsp3) is 0.625. The van der Waals surface area contributed by atoms with Crippen molar-refractivity contribution in [3.8, 4) is 0 Å². The van der Waals surface area contributed by atoms with Gasteiger partial charge in [0.05, 0.1) is 17.5 Å². The number of carbonyl (C=O) groups is 3. The molecule has 6 nitrogen and oxygen atoms in total. The Morgan fingerprint density at radius 1 is 1.12 bits per heavy atom. The number of amides is 3. The van der Waals surface area contributed by atoms with Crippen LogP contribution in [0.25, 0.3) is 0 Å². The van der Waals surface area contributed by atoms with Crippen molar-refractivity contribution in [1.29, 1.82) is 0 Å². The number of nitrogens with one attached hydrogen (secondary N) is 2. The third-order valence-corrected chi connectivity index (χ3v) is 8.99. The Labute approximate surface area is 198 Å². The maximum atomic E-state index is 14.0. The average molecular weight is 476 g/mol. The molecule has 3 amide bonds. The third kappa shape index (κ3) is 3.07. The summed E-state index contributed by atoms with van der Waals surface area (Å²) in [6.45, 7) is 1.87. The van der Waals surface area contributed by atoms with E-state index in [4.69, 9.17) is 11.6 Å². The smallest absolute Gasteiger partial charge is 0.250 e. The van der Waals surface area contributed by atoms with E-state index in [1.165, 1.54) is 0 Å². The van der Waals surface area contributed by atoms with Crippen molar-refractivity contribution < 1.29 is 14.4 Å². The minimum Gasteiger partial charge on any atom is -0.324 e. The van der Waals surface area contributed by atoms with Crippen molar-refractivity contribution in [3.05, 3.63) is 28.3 Å². The molecule has 172 valence electrons. The van der Waals surface area contributed by atoms with E-state index in [0.717, 1.165) is 61.8 Å². The molecule has 1 spiro atoms. The van der Waals surface area contributed by atoms with E-state index in [9.17, 15) is 14.4 Å². The second-order valence-corrected chi connectivity index (χ2v) is 11.0. The highest BCUT2D eigenvalue weighted by atomic mass is 35.5. The number of hydrogen-bond donors (Lipinski definition) is 2. The van der Waals surface area contributed by atoms with Crippen LogP contribution < -0.4 is 10.6 Å². The molecule has 1 aliphatic carbocycles. The Morgan fingerprint density at radius 2 is 1.84 bits per heavy atom. The molecule has 8 heteroatoms. The summed E-state index contributed by atoms with van der Waals surface area (Å²) >= 11 is 8.04. The molecule has 1 saturated carbocycles. The predicted octanol–water partition coefficient (Wildman–Crippen LogP) is 3.84. The van der Waals surface area contributed by atoms with Crippen molar-refractivity contribution in [2.75, 3.05) is 17.3 Å². The van der Waals surface area contributed by atoms with E-state index >= 15 is 0 Å². The van der Waals surface area contributed by atoms with Gasteiger partial charge in [0.25, 0.3) is 0 Å². The lowest BCUT2D eigenvalue weighted by Crippen LogP contribution is -2.54. The molecule has 2 saturated heterocycles. The van der Waals surface area contributed by atoms with Gasteiger partial charge >= 0.3 is 0 Å². The highest BCUT2D eigenvalue weighted by Crippen LogP contribution is 2.55. The monoisotopic (exact) mass is 475 g/mol. The first-order chi connectivity index (χ1) is 15.4. The van der Waals surface area contributed by atoms with E-state index in [-0.39, 0.29) is 29.8 Å². The Kier molecular flexibility index (Phi) is 5.79. The summed E-state index contributed by atoms with van der Waals surface area (Å²) in [6.07, 6.45) is 8.87. The molecule has 2 N–H and O–H groups in total. The Hall–Kier alpha value is -1.57. The van der Waals surface area contributed by atoms with Crippen molar-refractivity contribution in [3.63, 3.8) is 0 Å². The topological polar surface area (TPSA) is 78.5 Å². The lowest BCUT2D eigenvalue weighted by Gasteiger charge is -2.32. The van der Waals surface area contributed by atoms with E-state index in [1.807, 2.05) is 19.2 Å². The van der Waals surface area contributed by atoms with Gasteiger partial charge in [-0.1, -0.05) is 43.4 Å². The average Bonchev–Trinajstić information content (AvgIpc) is 3.24. The first-order valence-electron chi connectivity index (χ1n) is 11.7. The number of benzene rings is 1. The van der Waals surface area contributed by atoms with Crippen LogP contribution in [0.3, 0.4) is 0 Å². The third-order valence-electron chi connectivity index (χ3n) is 7.94. The predicted molar refractivity (Wildman–Crippen MR) is 127 cm³/mol. The van der Waals surface area contributed by atoms with Crippen molar-refractivity contribution in [2.45, 2.75) is 69.5 Å². The number of imide groups is 1. The van der Waals surface area contributed by atoms with Crippen LogP contribution in [0, 0.1) is 18.8 Å². The summed E-state index contributed by atoms with van der Waals surface area (Å²) in [5, 5.41) is 7.08. The molecule has 1 aromatic rings. The molecule has 1 aromatic carbocycles. The first kappa shape index (κ1) is 22.2. The number of carbonyl (C=O) groups excluding carboxylic acids is 3. The summed E-state index contributed by atoms with van der Waals surface area (Å²) in [5.74, 6) is -0.882. The minimum atomic E-state index is -1.22. The second kappa shape index (κ2) is 8.33. The number of likely N-dealkylation sites (tertiary alicyclic amines) is 1. The number of halogens is 1. The zero-order valence-corrected chi connectivity index (χ0v) is 20.2. The van der Waals surface area contributed by atoms with Crippen LogP contribution in [0.2, 0.25) is 5.02 Å². The van der Waals surface area contributed by atoms with Crippen LogP contribution in [-0.4, -0.2) is 46.7 Å². The molecule has 0 aromatic heterocycles. The van der Waals surface area contributed by atoms with E-state index in [0.29, 0.717) is 10.7 Å². The summed E-state index contributed by atoms with van der Waals surface area (Å²) in [7, 11) is 0. The minimum absolute atomic E-state index is 0.0442. The zero-order chi connectivity index (χ0) is 22.6. The summed E-state index contributed by atoms with van der Waals surface area (Å²) < 4.78 is 0. The number of nitrogens with zero attached hydrogens (tertiary/aromatic N) is 1. The molecule has 0 radical (unpaired) electrons. The molecule has 2 unspecified atom stereocenters. The molecule has 5 rings (SSSR count). The number of rotatable bonds is 4. The van der Waals surface area contributed by atoms with Gasteiger partial charge in [0, 0.05) is 22.7 Å². The molecule has 3 heterocycles. The fourth-order valence-corrected chi connectivity index (χ4v) is 7.03. The van der Waals surface area contributed by atoms with Gasteiger partial charge in [0.1, 0.15) is 5.54 Å². The van der Waals surface area contributed by atoms with Crippen molar-refractivity contribution in [1.82, 2.24) is 10.2 Å². The van der Waals surface area contributed by atoms with E-state index < -0.39 is 17.4 Å². The second-order valence-electron chi connectivity index (χ2n) is 9.58. The van der Waals surface area contributed by atoms with Crippen molar-refractivity contribution in [2.24, 2.45) is 11.8 Å². The standard InChI is InChI=1S/C24H30ClN3O3S/c1-13-16(25)10-9-15-20(13)26-23(31)24(15)19-18(17(27-24)11-12-32-2)21(29)28(22(19)30)14-7-5-3-4-6-8-14/h9-10,14,17-19,27H,3-8,11-12H2,1-2H3,(H,26,31)/t17?,18-,19+,24?/m1/s1. The van der Waals surface area contributed by atoms with Crippen LogP contribution in [0.5, 0.6) is 0 Å². The quantitative estimate of drug-likeness (QED) is 0.511. The molecule has 0 bridgehead atoms. The Balaban J connectivity index is 1.61. The van der Waals surface area contributed by atoms with Gasteiger partial charge in [-0.3, -0.25) is 24.6 Å². The lowest BCUT2D eigenvalue weighted by atomic mass is 9.76. The summed E-state index contributed by atoms with van der Waals surface area (Å²) in [6, 6.07) is 3.37. The van der Waals surface area contributed by atoms with Crippen molar-refractivity contribution >= 4 is 46.8 Å². The van der Waals surface area contributed by atoms with Crippen LogP contribution >= 0.6 is 23.4 Å². The highest BCUT2D eigenvalue weighted by molar-refractivity contribution is 7.98. The molecule has 4 atom stereocenters. The molecule has 3 fully saturated rings. The first-order valence-corrected chi connectivity index (χ1v) is 13.4. The van der Waals surface area contributed by atoms with Gasteiger partial charge in [-0.15, -0.1) is 0 Å². The molecule has 3 aliphatic heterocycles. The van der Waals surface area contributed by atoms with Crippen LogP contribution in [-0.2, 0) is 19.9 Å². The van der Waals surface area contributed by atoms with Gasteiger partial charge in [-0.05, 0) is 49.8 Å². The van der Waals surface area contributed by atoms with Gasteiger partial charge in [0.2, 0.25) is 17.7 Å². The van der Waals surface area contributed by atoms with Gasteiger partial charge in [-0.2, -0.15) is 11.8 Å². The van der Waals surface area contributed by atoms with Crippen LogP contribution in [0.15, 0.2) is 12.1 Å². The lowest BCUT2D eigenvalue weighted by molar-refractivity contribution is -0.145. The van der Waals surface area contributed by atoms with Crippen LogP contribution in [0.4, 0.5) is 5.69 Å². The van der Waals surface area contributed by atoms with Gasteiger partial charge in [-0.25, -0.2) is 0 Å². The Morgan fingerprint density at radius 3 is 2.53 bits per heavy atom. The number of anilines is 1. The van der Waals surface area contributed by atoms with Gasteiger partial charge in [0.15, 0.2) is 0 Å². The maximum Gasteiger partial charge on any atom is 0.250 e. The van der Waals surface area contributed by atoms with E-state index in [2.05, 4.69) is 10.6 Å². The number of fused-ring (bicyclic) bond motifs is 4. The highest BCUT2D eigenvalue weighted by Gasteiger charge is 2.70. The fourth-order valence-electron chi connectivity index (χ4n) is 6.38. The van der Waals surface area contributed by atoms with E-state index in [1.54, 1.807) is 22.7 Å². The Bertz CT molecular complexity index is 977. The molecular weight excluding hydrogens is 446 g/mol. The summed E-state index contributed by atoms with van der Waals surface area (Å²) in [5.41, 5.74) is 0.991. The molecule has 4 aliphatic rings. The number of thioether (sulfide) groups is 1. The normalized spacial score (nSPS) is 32.4. The molecule has 32 heavy (non-hydrogen) atoms. The maximum absolute atomic E-state index is 14.0. The SMILES string of the molecule is CSCCC1NC2(C(=O)Nc3c2ccc(Cl)c3C)[C@@H]2C(=O)N(C3CCCCCC3)C(=O)[C@H]12. The zero-order valence-electron chi connectivity index (χ0n) is 18.6. The largest absolute Gasteiger partial charge is 0.324 e. The molecular formula is C24H30ClN3O3S.